The Morgan fingerprint density at radius 2 is 2.09 bits per heavy atom. The predicted octanol–water partition coefficient (Wildman–Crippen LogP) is 5.52. The zero-order valence-electron chi connectivity index (χ0n) is 17.2. The average Bonchev–Trinajstić information content (AvgIpc) is 3.44. The van der Waals surface area contributed by atoms with Crippen molar-refractivity contribution in [1.82, 2.24) is 14.5 Å². The van der Waals surface area contributed by atoms with Gasteiger partial charge < -0.3 is 9.30 Å². The van der Waals surface area contributed by atoms with Crippen LogP contribution < -0.4 is 9.64 Å². The van der Waals surface area contributed by atoms with Gasteiger partial charge in [-0.05, 0) is 37.1 Å². The third kappa shape index (κ3) is 5.38. The molecule has 4 aromatic rings. The lowest BCUT2D eigenvalue weighted by Gasteiger charge is -2.20. The van der Waals surface area contributed by atoms with E-state index in [1.165, 1.54) is 23.5 Å². The highest BCUT2D eigenvalue weighted by Gasteiger charge is 2.22. The monoisotopic (exact) mass is 494 g/mol. The molecule has 0 unspecified atom stereocenters. The molecule has 6 nitrogen and oxygen atoms in total. The molecule has 0 aliphatic heterocycles. The summed E-state index contributed by atoms with van der Waals surface area (Å²) in [5.74, 6) is -0.775. The van der Waals surface area contributed by atoms with E-state index in [0.29, 0.717) is 29.7 Å². The molecule has 2 aromatic heterocycles. The molecule has 0 fully saturated rings. The van der Waals surface area contributed by atoms with E-state index in [2.05, 4.69) is 9.97 Å². The zero-order valence-corrected chi connectivity index (χ0v) is 19.6. The number of halogens is 3. The van der Waals surface area contributed by atoms with Gasteiger partial charge in [-0.3, -0.25) is 9.69 Å². The van der Waals surface area contributed by atoms with Crippen LogP contribution in [-0.4, -0.2) is 33.6 Å². The molecule has 4 rings (SSSR count). The first kappa shape index (κ1) is 24.0. The quantitative estimate of drug-likeness (QED) is 0.323. The van der Waals surface area contributed by atoms with Crippen LogP contribution in [0.5, 0.6) is 5.75 Å². The molecule has 0 N–H and O–H groups in total. The summed E-state index contributed by atoms with van der Waals surface area (Å²) in [6.07, 6.45) is 6.00. The molecule has 168 valence electrons. The van der Waals surface area contributed by atoms with Gasteiger partial charge in [0, 0.05) is 25.5 Å². The number of hydrogen-bond acceptors (Lipinski definition) is 5. The first-order chi connectivity index (χ1) is 15.0. The van der Waals surface area contributed by atoms with Crippen LogP contribution in [0.3, 0.4) is 0 Å². The Hall–Kier alpha value is -2.68. The molecule has 1 amide bonds. The van der Waals surface area contributed by atoms with Crippen LogP contribution in [0, 0.1) is 12.7 Å². The standard InChI is InChI=1S/C22H20ClFN4O2S.ClH/c1-15-7-8-16(23)21-20(15)26-22(31-21)28(11-4-10-27-12-9-25-14-27)19(29)13-30-18-6-3-2-5-17(18)24;/h2-3,5-9,12,14H,4,10-11,13H2,1H3;1H. The van der Waals surface area contributed by atoms with Crippen LogP contribution in [0.15, 0.2) is 55.1 Å². The molecule has 0 saturated carbocycles. The number of fused-ring (bicyclic) bond motifs is 1. The predicted molar refractivity (Wildman–Crippen MR) is 128 cm³/mol. The van der Waals surface area contributed by atoms with Crippen molar-refractivity contribution in [3.05, 3.63) is 71.5 Å². The minimum atomic E-state index is -0.510. The van der Waals surface area contributed by atoms with Crippen LogP contribution in [0.25, 0.3) is 10.2 Å². The van der Waals surface area contributed by atoms with Gasteiger partial charge in [0.05, 0.1) is 21.6 Å². The Labute approximate surface area is 200 Å². The summed E-state index contributed by atoms with van der Waals surface area (Å²) in [6, 6.07) is 9.74. The number of carbonyl (C=O) groups is 1. The number of anilines is 1. The van der Waals surface area contributed by atoms with Crippen molar-refractivity contribution in [3.63, 3.8) is 0 Å². The van der Waals surface area contributed by atoms with Crippen molar-refractivity contribution >= 4 is 56.6 Å². The number of para-hydroxylation sites is 1. The molecule has 0 radical (unpaired) electrons. The van der Waals surface area contributed by atoms with E-state index in [0.717, 1.165) is 15.8 Å². The number of imidazole rings is 1. The van der Waals surface area contributed by atoms with Gasteiger partial charge in [0.15, 0.2) is 23.3 Å². The maximum absolute atomic E-state index is 13.9. The Bertz CT molecular complexity index is 1160. The Kier molecular flexibility index (Phi) is 8.06. The fourth-order valence-corrected chi connectivity index (χ4v) is 4.50. The average molecular weight is 495 g/mol. The maximum atomic E-state index is 13.9. The van der Waals surface area contributed by atoms with E-state index in [1.54, 1.807) is 29.6 Å². The summed E-state index contributed by atoms with van der Waals surface area (Å²) < 4.78 is 22.1. The molecular formula is C22H21Cl2FN4O2S. The molecule has 0 bridgehead atoms. The van der Waals surface area contributed by atoms with Crippen LogP contribution in [0.2, 0.25) is 5.02 Å². The topological polar surface area (TPSA) is 60.2 Å². The molecule has 0 atom stereocenters. The number of aryl methyl sites for hydroxylation is 2. The van der Waals surface area contributed by atoms with Gasteiger partial charge in [0.2, 0.25) is 0 Å². The van der Waals surface area contributed by atoms with E-state index >= 15 is 0 Å². The molecule has 0 saturated heterocycles. The highest BCUT2D eigenvalue weighted by atomic mass is 35.5. The van der Waals surface area contributed by atoms with Gasteiger partial charge in [-0.15, -0.1) is 12.4 Å². The zero-order chi connectivity index (χ0) is 21.8. The summed E-state index contributed by atoms with van der Waals surface area (Å²) in [7, 11) is 0. The number of thiazole rings is 1. The van der Waals surface area contributed by atoms with E-state index in [9.17, 15) is 9.18 Å². The number of rotatable bonds is 8. The highest BCUT2D eigenvalue weighted by Crippen LogP contribution is 2.35. The van der Waals surface area contributed by atoms with Gasteiger partial charge in [0.25, 0.3) is 5.91 Å². The lowest BCUT2D eigenvalue weighted by Crippen LogP contribution is -2.36. The minimum Gasteiger partial charge on any atom is -0.481 e. The number of aromatic nitrogens is 3. The van der Waals surface area contributed by atoms with E-state index in [1.807, 2.05) is 29.8 Å². The molecule has 2 heterocycles. The molecule has 32 heavy (non-hydrogen) atoms. The Morgan fingerprint density at radius 1 is 1.28 bits per heavy atom. The summed E-state index contributed by atoms with van der Waals surface area (Å²) in [6.45, 7) is 2.78. The van der Waals surface area contributed by atoms with Crippen molar-refractivity contribution in [3.8, 4) is 5.75 Å². The van der Waals surface area contributed by atoms with E-state index in [-0.39, 0.29) is 30.7 Å². The maximum Gasteiger partial charge on any atom is 0.266 e. The third-order valence-corrected chi connectivity index (χ3v) is 6.30. The third-order valence-electron chi connectivity index (χ3n) is 4.76. The largest absolute Gasteiger partial charge is 0.481 e. The number of hydrogen-bond donors (Lipinski definition) is 0. The number of amides is 1. The van der Waals surface area contributed by atoms with Gasteiger partial charge in [-0.25, -0.2) is 14.4 Å². The van der Waals surface area contributed by atoms with Crippen molar-refractivity contribution < 1.29 is 13.9 Å². The molecule has 10 heteroatoms. The van der Waals surface area contributed by atoms with Gasteiger partial charge >= 0.3 is 0 Å². The summed E-state index contributed by atoms with van der Waals surface area (Å²) >= 11 is 7.71. The normalized spacial score (nSPS) is 10.7. The molecule has 0 aliphatic rings. The number of carbonyl (C=O) groups excluding carboxylic acids is 1. The second-order valence-corrected chi connectivity index (χ2v) is 8.34. The second-order valence-electron chi connectivity index (χ2n) is 6.96. The first-order valence-electron chi connectivity index (χ1n) is 9.72. The summed E-state index contributed by atoms with van der Waals surface area (Å²) in [4.78, 5) is 23.3. The van der Waals surface area contributed by atoms with Crippen LogP contribution in [0.4, 0.5) is 9.52 Å². The minimum absolute atomic E-state index is 0. The lowest BCUT2D eigenvalue weighted by atomic mass is 10.2. The van der Waals surface area contributed by atoms with Crippen molar-refractivity contribution in [1.29, 1.82) is 0 Å². The van der Waals surface area contributed by atoms with E-state index < -0.39 is 5.82 Å². The van der Waals surface area contributed by atoms with Gasteiger partial charge in [-0.2, -0.15) is 0 Å². The van der Waals surface area contributed by atoms with Crippen LogP contribution >= 0.6 is 35.3 Å². The van der Waals surface area contributed by atoms with Crippen molar-refractivity contribution in [2.45, 2.75) is 19.9 Å². The summed E-state index contributed by atoms with van der Waals surface area (Å²) in [5.41, 5.74) is 1.75. The van der Waals surface area contributed by atoms with Crippen molar-refractivity contribution in [2.24, 2.45) is 0 Å². The van der Waals surface area contributed by atoms with Crippen LogP contribution in [0.1, 0.15) is 12.0 Å². The number of benzene rings is 2. The SMILES string of the molecule is Cc1ccc(Cl)c2sc(N(CCCn3ccnc3)C(=O)COc3ccccc3F)nc12.Cl. The molecule has 2 aromatic carbocycles. The number of ether oxygens (including phenoxy) is 1. The Balaban J connectivity index is 0.00000289. The Morgan fingerprint density at radius 3 is 2.81 bits per heavy atom. The highest BCUT2D eigenvalue weighted by molar-refractivity contribution is 7.23. The molecular weight excluding hydrogens is 474 g/mol. The smallest absolute Gasteiger partial charge is 0.266 e. The van der Waals surface area contributed by atoms with Gasteiger partial charge in [-0.1, -0.05) is 41.1 Å². The molecule has 0 aliphatic carbocycles. The van der Waals surface area contributed by atoms with E-state index in [4.69, 9.17) is 16.3 Å². The lowest BCUT2D eigenvalue weighted by molar-refractivity contribution is -0.120. The first-order valence-corrected chi connectivity index (χ1v) is 10.9. The van der Waals surface area contributed by atoms with Crippen molar-refractivity contribution in [2.75, 3.05) is 18.1 Å². The second kappa shape index (κ2) is 10.8. The molecule has 0 spiro atoms. The fraction of sp³-hybridized carbons (Fsp3) is 0.227. The van der Waals surface area contributed by atoms with Crippen LogP contribution in [-0.2, 0) is 11.3 Å². The summed E-state index contributed by atoms with van der Waals surface area (Å²) in [5, 5.41) is 1.14. The fourth-order valence-electron chi connectivity index (χ4n) is 3.14. The number of nitrogens with zero attached hydrogens (tertiary/aromatic N) is 4. The van der Waals surface area contributed by atoms with Gasteiger partial charge in [0.1, 0.15) is 0 Å².